The fraction of sp³-hybridized carbons (Fsp3) is 0.250. The number of furan rings is 1. The maximum atomic E-state index is 13.6. The van der Waals surface area contributed by atoms with Gasteiger partial charge >= 0.3 is 0 Å². The molecule has 3 aliphatic carbocycles. The molecule has 0 unspecified atom stereocenters. The summed E-state index contributed by atoms with van der Waals surface area (Å²) < 4.78 is 5.42. The minimum absolute atomic E-state index is 0.0720. The molecule has 2 amide bonds. The minimum atomic E-state index is -0.503. The molecule has 0 radical (unpaired) electrons. The van der Waals surface area contributed by atoms with Gasteiger partial charge in [0.25, 0.3) is 0 Å². The van der Waals surface area contributed by atoms with Gasteiger partial charge in [0.15, 0.2) is 0 Å². The van der Waals surface area contributed by atoms with Gasteiger partial charge in [-0.2, -0.15) is 0 Å². The second-order valence-electron chi connectivity index (χ2n) is 8.20. The zero-order chi connectivity index (χ0) is 19.0. The van der Waals surface area contributed by atoms with Crippen LogP contribution in [0, 0.1) is 11.8 Å². The van der Waals surface area contributed by atoms with Crippen molar-refractivity contribution in [2.24, 2.45) is 11.8 Å². The van der Waals surface area contributed by atoms with Crippen molar-refractivity contribution in [3.8, 4) is 0 Å². The highest BCUT2D eigenvalue weighted by Gasteiger charge is 2.66. The Bertz CT molecular complexity index is 1080. The van der Waals surface area contributed by atoms with Crippen molar-refractivity contribution in [3.05, 3.63) is 94.9 Å². The van der Waals surface area contributed by atoms with E-state index in [1.54, 1.807) is 12.3 Å². The van der Waals surface area contributed by atoms with Crippen LogP contribution in [0.3, 0.4) is 0 Å². The molecule has 1 aromatic heterocycles. The highest BCUT2D eigenvalue weighted by molar-refractivity contribution is 6.08. The number of carbonyl (C=O) groups is 2. The lowest BCUT2D eigenvalue weighted by Gasteiger charge is -2.52. The molecule has 7 rings (SSSR count). The number of nitrogens with zero attached hydrogens (tertiary/aromatic N) is 1. The van der Waals surface area contributed by atoms with Gasteiger partial charge in [0.1, 0.15) is 5.76 Å². The first-order valence-corrected chi connectivity index (χ1v) is 9.69. The fourth-order valence-corrected chi connectivity index (χ4v) is 5.92. The highest BCUT2D eigenvalue weighted by atomic mass is 16.3. The summed E-state index contributed by atoms with van der Waals surface area (Å²) in [6, 6.07) is 20.2. The van der Waals surface area contributed by atoms with E-state index in [-0.39, 0.29) is 36.1 Å². The molecule has 0 spiro atoms. The van der Waals surface area contributed by atoms with E-state index in [0.29, 0.717) is 5.76 Å². The average Bonchev–Trinajstić information content (AvgIpc) is 3.32. The predicted octanol–water partition coefficient (Wildman–Crippen LogP) is 3.85. The molecule has 1 aliphatic heterocycles. The third kappa shape index (κ3) is 1.71. The van der Waals surface area contributed by atoms with Gasteiger partial charge in [-0.25, -0.2) is 0 Å². The summed E-state index contributed by atoms with van der Waals surface area (Å²) in [5.74, 6) is -0.318. The molecule has 2 bridgehead atoms. The quantitative estimate of drug-likeness (QED) is 0.645. The smallest absolute Gasteiger partial charge is 0.234 e. The van der Waals surface area contributed by atoms with Crippen LogP contribution in [0.1, 0.15) is 40.9 Å². The van der Waals surface area contributed by atoms with Crippen molar-refractivity contribution in [2.45, 2.75) is 24.8 Å². The molecule has 2 heterocycles. The van der Waals surface area contributed by atoms with Crippen LogP contribution in [0.2, 0.25) is 0 Å². The molecule has 0 N–H and O–H groups in total. The number of likely N-dealkylation sites (tertiary alicyclic amines) is 1. The molecular weight excluding hydrogens is 350 g/mol. The molecule has 2 atom stereocenters. The summed E-state index contributed by atoms with van der Waals surface area (Å²) in [6.07, 6.45) is 1.57. The summed E-state index contributed by atoms with van der Waals surface area (Å²) in [7, 11) is 0. The predicted molar refractivity (Wildman–Crippen MR) is 102 cm³/mol. The molecule has 4 aliphatic rings. The van der Waals surface area contributed by atoms with E-state index in [1.165, 1.54) is 27.2 Å². The maximum absolute atomic E-state index is 13.6. The molecule has 4 heteroatoms. The van der Waals surface area contributed by atoms with Gasteiger partial charge in [-0.15, -0.1) is 0 Å². The van der Waals surface area contributed by atoms with Gasteiger partial charge in [-0.05, 0) is 34.4 Å². The highest BCUT2D eigenvalue weighted by Crippen LogP contribution is 2.63. The molecule has 3 aromatic rings. The monoisotopic (exact) mass is 369 g/mol. The van der Waals surface area contributed by atoms with Gasteiger partial charge in [-0.3, -0.25) is 14.5 Å². The third-order valence-electron chi connectivity index (χ3n) is 7.03. The Morgan fingerprint density at radius 3 is 2.14 bits per heavy atom. The van der Waals surface area contributed by atoms with Crippen LogP contribution >= 0.6 is 0 Å². The number of amides is 2. The van der Waals surface area contributed by atoms with Crippen molar-refractivity contribution in [2.75, 3.05) is 0 Å². The average molecular weight is 369 g/mol. The van der Waals surface area contributed by atoms with E-state index in [9.17, 15) is 9.59 Å². The van der Waals surface area contributed by atoms with Crippen LogP contribution in [0.25, 0.3) is 0 Å². The van der Waals surface area contributed by atoms with Crippen molar-refractivity contribution >= 4 is 11.8 Å². The van der Waals surface area contributed by atoms with Gasteiger partial charge in [0.2, 0.25) is 11.8 Å². The second-order valence-corrected chi connectivity index (χ2v) is 8.20. The lowest BCUT2D eigenvalue weighted by Crippen LogP contribution is -2.51. The van der Waals surface area contributed by atoms with E-state index < -0.39 is 5.41 Å². The molecule has 138 valence electrons. The third-order valence-corrected chi connectivity index (χ3v) is 7.03. The van der Waals surface area contributed by atoms with Gasteiger partial charge < -0.3 is 4.42 Å². The zero-order valence-electron chi connectivity index (χ0n) is 15.5. The Kier molecular flexibility index (Phi) is 2.96. The van der Waals surface area contributed by atoms with Crippen molar-refractivity contribution in [1.82, 2.24) is 4.90 Å². The fourth-order valence-electron chi connectivity index (χ4n) is 5.92. The van der Waals surface area contributed by atoms with Crippen LogP contribution in [0.15, 0.2) is 71.3 Å². The molecule has 4 nitrogen and oxygen atoms in total. The van der Waals surface area contributed by atoms with Crippen molar-refractivity contribution in [1.29, 1.82) is 0 Å². The van der Waals surface area contributed by atoms with Crippen LogP contribution in [-0.4, -0.2) is 16.7 Å². The molecule has 1 fully saturated rings. The Morgan fingerprint density at radius 1 is 0.893 bits per heavy atom. The van der Waals surface area contributed by atoms with Gasteiger partial charge in [0.05, 0.1) is 24.6 Å². The summed E-state index contributed by atoms with van der Waals surface area (Å²) in [6.45, 7) is 2.34. The zero-order valence-corrected chi connectivity index (χ0v) is 15.5. The van der Waals surface area contributed by atoms with Crippen LogP contribution in [0.4, 0.5) is 0 Å². The Labute approximate surface area is 162 Å². The second kappa shape index (κ2) is 5.22. The largest absolute Gasteiger partial charge is 0.467 e. The van der Waals surface area contributed by atoms with E-state index in [1.807, 2.05) is 30.3 Å². The van der Waals surface area contributed by atoms with Crippen LogP contribution in [0.5, 0.6) is 0 Å². The van der Waals surface area contributed by atoms with E-state index in [2.05, 4.69) is 31.2 Å². The van der Waals surface area contributed by atoms with E-state index >= 15 is 0 Å². The Morgan fingerprint density at radius 2 is 1.54 bits per heavy atom. The van der Waals surface area contributed by atoms with E-state index in [4.69, 9.17) is 4.42 Å². The van der Waals surface area contributed by atoms with Crippen molar-refractivity contribution < 1.29 is 14.0 Å². The molecular formula is C24H19NO3. The number of hydrogen-bond acceptors (Lipinski definition) is 3. The standard InChI is InChI=1S/C24H19NO3/c1-24-17-10-4-2-8-15(17)19(16-9-3-5-11-18(16)24)20-21(24)23(27)25(22(20)26)13-14-7-6-12-28-14/h2-12,19-21H,13H2,1H3/t19?,20-,21-,24?/m1/s1. The SMILES string of the molecule is CC12c3ccccc3C(c3ccccc31)[C@H]1C(=O)N(Cc3ccco3)C(=O)[C@@H]12. The maximum Gasteiger partial charge on any atom is 0.234 e. The Hall–Kier alpha value is -3.14. The van der Waals surface area contributed by atoms with Crippen LogP contribution in [-0.2, 0) is 21.5 Å². The van der Waals surface area contributed by atoms with Crippen LogP contribution < -0.4 is 0 Å². The summed E-state index contributed by atoms with van der Waals surface area (Å²) in [5, 5.41) is 0. The number of carbonyl (C=O) groups excluding carboxylic acids is 2. The first-order chi connectivity index (χ1) is 13.6. The number of imide groups is 1. The number of benzene rings is 2. The molecule has 2 aromatic carbocycles. The van der Waals surface area contributed by atoms with Crippen molar-refractivity contribution in [3.63, 3.8) is 0 Å². The first kappa shape index (κ1) is 15.9. The Balaban J connectivity index is 1.58. The van der Waals surface area contributed by atoms with E-state index in [0.717, 1.165) is 0 Å². The van der Waals surface area contributed by atoms with Gasteiger partial charge in [0, 0.05) is 11.3 Å². The lowest BCUT2D eigenvalue weighted by atomic mass is 9.48. The first-order valence-electron chi connectivity index (χ1n) is 9.69. The molecule has 28 heavy (non-hydrogen) atoms. The summed E-state index contributed by atoms with van der Waals surface area (Å²) >= 11 is 0. The van der Waals surface area contributed by atoms with Gasteiger partial charge in [-0.1, -0.05) is 55.5 Å². The summed E-state index contributed by atoms with van der Waals surface area (Å²) in [5.41, 5.74) is 4.23. The number of rotatable bonds is 2. The molecule has 1 saturated heterocycles. The number of hydrogen-bond donors (Lipinski definition) is 0. The summed E-state index contributed by atoms with van der Waals surface area (Å²) in [4.78, 5) is 28.5. The normalized spacial score (nSPS) is 29.6. The minimum Gasteiger partial charge on any atom is -0.467 e. The topological polar surface area (TPSA) is 50.5 Å². The lowest BCUT2D eigenvalue weighted by molar-refractivity contribution is -0.141. The molecule has 0 saturated carbocycles.